The maximum absolute atomic E-state index is 12.7. The van der Waals surface area contributed by atoms with Crippen LogP contribution < -0.4 is 16.0 Å². The number of anilines is 2. The Balaban J connectivity index is 2.47. The first-order chi connectivity index (χ1) is 9.29. The molecule has 5 nitrogen and oxygen atoms in total. The van der Waals surface area contributed by atoms with Crippen LogP contribution in [-0.2, 0) is 11.0 Å². The Hall–Kier alpha value is -1.90. The van der Waals surface area contributed by atoms with Crippen LogP contribution in [0, 0.1) is 0 Å². The second-order valence-corrected chi connectivity index (χ2v) is 4.67. The van der Waals surface area contributed by atoms with Gasteiger partial charge in [-0.25, -0.2) is 4.98 Å². The molecule has 2 rings (SSSR count). The van der Waals surface area contributed by atoms with Gasteiger partial charge >= 0.3 is 6.18 Å². The topological polar surface area (TPSA) is 71.2 Å². The fraction of sp³-hybridized carbons (Fsp3) is 0.364. The molecule has 108 valence electrons. The monoisotopic (exact) mass is 304 g/mol. The molecule has 0 spiro atoms. The van der Waals surface area contributed by atoms with Crippen LogP contribution in [0.1, 0.15) is 18.4 Å². The molecule has 1 aliphatic rings. The van der Waals surface area contributed by atoms with E-state index in [0.29, 0.717) is 25.6 Å². The fourth-order valence-electron chi connectivity index (χ4n) is 1.93. The molecule has 0 bridgehead atoms. The number of halogens is 3. The predicted octanol–water partition coefficient (Wildman–Crippen LogP) is 1.88. The zero-order chi connectivity index (χ0) is 14.9. The normalized spacial score (nSPS) is 15.6. The minimum Gasteiger partial charge on any atom is -0.376 e. The van der Waals surface area contributed by atoms with E-state index in [4.69, 9.17) is 5.73 Å². The van der Waals surface area contributed by atoms with Crippen LogP contribution in [0.4, 0.5) is 24.7 Å². The number of nitrogens with one attached hydrogen (secondary N) is 1. The number of rotatable bonds is 2. The zero-order valence-electron chi connectivity index (χ0n) is 10.2. The molecule has 3 N–H and O–H groups in total. The van der Waals surface area contributed by atoms with Gasteiger partial charge in [0, 0.05) is 19.2 Å². The fourth-order valence-corrected chi connectivity index (χ4v) is 2.03. The van der Waals surface area contributed by atoms with E-state index >= 15 is 0 Å². The van der Waals surface area contributed by atoms with E-state index in [-0.39, 0.29) is 22.5 Å². The summed E-state index contributed by atoms with van der Waals surface area (Å²) in [7, 11) is 0. The number of nitrogens with two attached hydrogens (primary N) is 1. The van der Waals surface area contributed by atoms with Crippen molar-refractivity contribution in [1.29, 1.82) is 0 Å². The van der Waals surface area contributed by atoms with Crippen LogP contribution in [0.2, 0.25) is 0 Å². The van der Waals surface area contributed by atoms with E-state index in [2.05, 4.69) is 22.5 Å². The molecule has 0 radical (unpaired) electrons. The van der Waals surface area contributed by atoms with Crippen molar-refractivity contribution in [2.24, 2.45) is 5.73 Å². The SMILES string of the molecule is NC(=S)Nc1ncc(C(F)(F)F)cc1N1CCCC1=O. The Morgan fingerprint density at radius 2 is 2.20 bits per heavy atom. The van der Waals surface area contributed by atoms with Gasteiger partial charge in [0.2, 0.25) is 5.91 Å². The molecule has 0 aromatic carbocycles. The number of hydrogen-bond donors (Lipinski definition) is 2. The van der Waals surface area contributed by atoms with Crippen molar-refractivity contribution in [3.63, 3.8) is 0 Å². The van der Waals surface area contributed by atoms with Crippen molar-refractivity contribution in [3.05, 3.63) is 17.8 Å². The van der Waals surface area contributed by atoms with Gasteiger partial charge in [-0.15, -0.1) is 0 Å². The summed E-state index contributed by atoms with van der Waals surface area (Å²) in [6.45, 7) is 0.341. The number of aromatic nitrogens is 1. The summed E-state index contributed by atoms with van der Waals surface area (Å²) < 4.78 is 38.2. The molecule has 0 unspecified atom stereocenters. The van der Waals surface area contributed by atoms with Crippen LogP contribution >= 0.6 is 12.2 Å². The molecule has 0 atom stereocenters. The molecule has 9 heteroatoms. The second-order valence-electron chi connectivity index (χ2n) is 4.23. The molecule has 0 saturated carbocycles. The molecule has 1 amide bonds. The Morgan fingerprint density at radius 3 is 2.70 bits per heavy atom. The van der Waals surface area contributed by atoms with Crippen molar-refractivity contribution >= 4 is 34.7 Å². The minimum atomic E-state index is -4.54. The summed E-state index contributed by atoms with van der Waals surface area (Å²) in [6, 6.07) is 0.872. The number of nitrogens with zero attached hydrogens (tertiary/aromatic N) is 2. The van der Waals surface area contributed by atoms with Gasteiger partial charge < -0.3 is 16.0 Å². The molecule has 1 saturated heterocycles. The van der Waals surface area contributed by atoms with Gasteiger partial charge in [0.25, 0.3) is 0 Å². The molecule has 2 heterocycles. The lowest BCUT2D eigenvalue weighted by atomic mass is 10.2. The quantitative estimate of drug-likeness (QED) is 0.816. The molecule has 1 fully saturated rings. The summed E-state index contributed by atoms with van der Waals surface area (Å²) in [4.78, 5) is 16.6. The number of carbonyl (C=O) groups excluding carboxylic acids is 1. The first-order valence-electron chi connectivity index (χ1n) is 5.73. The van der Waals surface area contributed by atoms with E-state index in [1.807, 2.05) is 0 Å². The van der Waals surface area contributed by atoms with E-state index in [9.17, 15) is 18.0 Å². The standard InChI is InChI=1S/C11H11F3N4OS/c12-11(13,14)6-4-7(18-3-1-2-8(18)19)9(16-5-6)17-10(15)20/h4-5H,1-3H2,(H3,15,16,17,20). The minimum absolute atomic E-state index is 0.0372. The van der Waals surface area contributed by atoms with E-state index in [1.165, 1.54) is 4.90 Å². The Bertz CT molecular complexity index is 561. The predicted molar refractivity (Wildman–Crippen MR) is 71.2 cm³/mol. The molecule has 1 aliphatic heterocycles. The van der Waals surface area contributed by atoms with Gasteiger partial charge in [-0.2, -0.15) is 13.2 Å². The summed E-state index contributed by atoms with van der Waals surface area (Å²) in [5.74, 6) is -0.210. The van der Waals surface area contributed by atoms with Crippen LogP contribution in [0.3, 0.4) is 0 Å². The molecule has 1 aromatic rings. The third-order valence-corrected chi connectivity index (χ3v) is 2.90. The van der Waals surface area contributed by atoms with Crippen molar-refractivity contribution in [3.8, 4) is 0 Å². The summed E-state index contributed by atoms with van der Waals surface area (Å²) in [5.41, 5.74) is 4.41. The third kappa shape index (κ3) is 2.98. The number of amides is 1. The van der Waals surface area contributed by atoms with Gasteiger partial charge in [-0.1, -0.05) is 0 Å². The zero-order valence-corrected chi connectivity index (χ0v) is 11.0. The highest BCUT2D eigenvalue weighted by Crippen LogP contribution is 2.35. The molecular formula is C11H11F3N4OS. The van der Waals surface area contributed by atoms with Crippen molar-refractivity contribution < 1.29 is 18.0 Å². The molecule has 1 aromatic heterocycles. The number of alkyl halides is 3. The Labute approximate surface area is 118 Å². The molecular weight excluding hydrogens is 293 g/mol. The van der Waals surface area contributed by atoms with Crippen molar-refractivity contribution in [1.82, 2.24) is 4.98 Å². The lowest BCUT2D eigenvalue weighted by molar-refractivity contribution is -0.137. The average Bonchev–Trinajstić information content (AvgIpc) is 2.73. The van der Waals surface area contributed by atoms with Crippen LogP contribution in [0.25, 0.3) is 0 Å². The maximum Gasteiger partial charge on any atom is 0.417 e. The van der Waals surface area contributed by atoms with Gasteiger partial charge in [0.15, 0.2) is 10.9 Å². The number of thiocarbonyl (C=S) groups is 1. The van der Waals surface area contributed by atoms with Crippen molar-refractivity contribution in [2.75, 3.05) is 16.8 Å². The van der Waals surface area contributed by atoms with Crippen LogP contribution in [0.5, 0.6) is 0 Å². The largest absolute Gasteiger partial charge is 0.417 e. The van der Waals surface area contributed by atoms with Gasteiger partial charge in [-0.3, -0.25) is 4.79 Å². The highest BCUT2D eigenvalue weighted by molar-refractivity contribution is 7.80. The lowest BCUT2D eigenvalue weighted by Crippen LogP contribution is -2.28. The maximum atomic E-state index is 12.7. The Morgan fingerprint density at radius 1 is 1.50 bits per heavy atom. The highest BCUT2D eigenvalue weighted by atomic mass is 32.1. The first kappa shape index (κ1) is 14.5. The van der Waals surface area contributed by atoms with Crippen molar-refractivity contribution in [2.45, 2.75) is 19.0 Å². The van der Waals surface area contributed by atoms with Crippen LogP contribution in [-0.4, -0.2) is 22.5 Å². The molecule has 20 heavy (non-hydrogen) atoms. The van der Waals surface area contributed by atoms with E-state index in [1.54, 1.807) is 0 Å². The summed E-state index contributed by atoms with van der Waals surface area (Å²) in [6.07, 6.45) is -2.98. The summed E-state index contributed by atoms with van der Waals surface area (Å²) in [5, 5.41) is 2.35. The Kier molecular flexibility index (Phi) is 3.80. The highest BCUT2D eigenvalue weighted by Gasteiger charge is 2.34. The second kappa shape index (κ2) is 5.23. The first-order valence-corrected chi connectivity index (χ1v) is 6.14. The number of hydrogen-bond acceptors (Lipinski definition) is 3. The molecule has 0 aliphatic carbocycles. The third-order valence-electron chi connectivity index (χ3n) is 2.80. The van der Waals surface area contributed by atoms with E-state index in [0.717, 1.165) is 6.07 Å². The van der Waals surface area contributed by atoms with E-state index < -0.39 is 11.7 Å². The smallest absolute Gasteiger partial charge is 0.376 e. The van der Waals surface area contributed by atoms with Gasteiger partial charge in [-0.05, 0) is 24.7 Å². The average molecular weight is 304 g/mol. The lowest BCUT2D eigenvalue weighted by Gasteiger charge is -2.20. The van der Waals surface area contributed by atoms with Crippen LogP contribution in [0.15, 0.2) is 12.3 Å². The number of pyridine rings is 1. The van der Waals surface area contributed by atoms with Gasteiger partial charge in [0.05, 0.1) is 11.3 Å². The summed E-state index contributed by atoms with van der Waals surface area (Å²) >= 11 is 4.65. The van der Waals surface area contributed by atoms with Gasteiger partial charge in [0.1, 0.15) is 0 Å². The number of carbonyl (C=O) groups is 1.